The molecule has 0 aliphatic heterocycles. The van der Waals surface area contributed by atoms with Crippen LogP contribution < -0.4 is 5.32 Å². The highest BCUT2D eigenvalue weighted by Gasteiger charge is 2.28. The van der Waals surface area contributed by atoms with Crippen molar-refractivity contribution in [2.45, 2.75) is 18.9 Å². The lowest BCUT2D eigenvalue weighted by Crippen LogP contribution is -2.26. The van der Waals surface area contributed by atoms with E-state index in [0.29, 0.717) is 19.6 Å². The van der Waals surface area contributed by atoms with Crippen molar-refractivity contribution in [2.24, 2.45) is 0 Å². The van der Waals surface area contributed by atoms with E-state index in [-0.39, 0.29) is 12.5 Å². The summed E-state index contributed by atoms with van der Waals surface area (Å²) in [6.07, 6.45) is 0.0884. The number of nitrogens with one attached hydrogen (secondary N) is 1. The summed E-state index contributed by atoms with van der Waals surface area (Å²) in [7, 11) is 0. The van der Waals surface area contributed by atoms with Crippen LogP contribution in [0.25, 0.3) is 11.1 Å². The minimum Gasteiger partial charge on any atom is -0.449 e. The second-order valence-electron chi connectivity index (χ2n) is 6.72. The maximum Gasteiger partial charge on any atom is 0.407 e. The molecule has 5 heteroatoms. The highest BCUT2D eigenvalue weighted by atomic mass is 32.1. The fourth-order valence-electron chi connectivity index (χ4n) is 3.61. The Morgan fingerprint density at radius 3 is 2.45 bits per heavy atom. The molecular formula is C24H21NO3S. The number of benzene rings is 2. The summed E-state index contributed by atoms with van der Waals surface area (Å²) < 4.78 is 5.50. The summed E-state index contributed by atoms with van der Waals surface area (Å²) in [4.78, 5) is 13.0. The van der Waals surface area contributed by atoms with E-state index < -0.39 is 6.09 Å². The van der Waals surface area contributed by atoms with E-state index in [1.54, 1.807) is 0 Å². The van der Waals surface area contributed by atoms with Gasteiger partial charge in [-0.3, -0.25) is 0 Å². The van der Waals surface area contributed by atoms with E-state index in [0.717, 1.165) is 10.4 Å². The van der Waals surface area contributed by atoms with E-state index in [1.165, 1.54) is 33.6 Å². The molecule has 1 aromatic heterocycles. The van der Waals surface area contributed by atoms with Crippen molar-refractivity contribution in [1.29, 1.82) is 0 Å². The molecule has 146 valence electrons. The van der Waals surface area contributed by atoms with Crippen LogP contribution in [0.4, 0.5) is 4.79 Å². The molecule has 0 atom stereocenters. The zero-order valence-electron chi connectivity index (χ0n) is 15.9. The molecule has 1 amide bonds. The molecule has 0 saturated carbocycles. The van der Waals surface area contributed by atoms with Crippen molar-refractivity contribution in [3.8, 4) is 23.0 Å². The lowest BCUT2D eigenvalue weighted by Gasteiger charge is -2.14. The molecule has 1 aliphatic rings. The Kier molecular flexibility index (Phi) is 5.95. The number of ether oxygens (including phenoxy) is 1. The van der Waals surface area contributed by atoms with Crippen molar-refractivity contribution < 1.29 is 14.6 Å². The highest BCUT2D eigenvalue weighted by molar-refractivity contribution is 7.10. The Balaban J connectivity index is 1.29. The Hall–Kier alpha value is -3.07. The van der Waals surface area contributed by atoms with E-state index in [4.69, 9.17) is 4.74 Å². The largest absolute Gasteiger partial charge is 0.449 e. The summed E-state index contributed by atoms with van der Waals surface area (Å²) in [5, 5.41) is 13.9. The average Bonchev–Trinajstić information content (AvgIpc) is 3.34. The second-order valence-corrected chi connectivity index (χ2v) is 7.72. The second kappa shape index (κ2) is 8.95. The predicted molar refractivity (Wildman–Crippen MR) is 115 cm³/mol. The molecule has 4 rings (SSSR count). The van der Waals surface area contributed by atoms with Gasteiger partial charge in [0.25, 0.3) is 0 Å². The zero-order valence-corrected chi connectivity index (χ0v) is 16.7. The fraction of sp³-hybridized carbons (Fsp3) is 0.208. The molecule has 0 unspecified atom stereocenters. The third-order valence-electron chi connectivity index (χ3n) is 4.98. The molecule has 0 fully saturated rings. The van der Waals surface area contributed by atoms with Gasteiger partial charge in [0.15, 0.2) is 0 Å². The van der Waals surface area contributed by atoms with Crippen LogP contribution in [-0.4, -0.2) is 24.4 Å². The molecule has 0 radical (unpaired) electrons. The molecule has 29 heavy (non-hydrogen) atoms. The lowest BCUT2D eigenvalue weighted by atomic mass is 9.98. The number of rotatable bonds is 5. The number of aliphatic hydroxyl groups excluding tert-OH is 1. The van der Waals surface area contributed by atoms with Gasteiger partial charge in [0.1, 0.15) is 6.61 Å². The van der Waals surface area contributed by atoms with Gasteiger partial charge in [0.05, 0.1) is 6.61 Å². The Morgan fingerprint density at radius 1 is 1.07 bits per heavy atom. The number of hydrogen-bond donors (Lipinski definition) is 2. The van der Waals surface area contributed by atoms with Crippen molar-refractivity contribution in [2.75, 3.05) is 13.2 Å². The number of carbonyl (C=O) groups is 1. The summed E-state index contributed by atoms with van der Waals surface area (Å²) in [5.41, 5.74) is 5.66. The molecular weight excluding hydrogens is 382 g/mol. The number of thiophene rings is 1. The van der Waals surface area contributed by atoms with Gasteiger partial charge in [-0.15, -0.1) is 11.3 Å². The Morgan fingerprint density at radius 2 is 1.76 bits per heavy atom. The van der Waals surface area contributed by atoms with Gasteiger partial charge < -0.3 is 15.2 Å². The maximum absolute atomic E-state index is 12.1. The number of fused-ring (bicyclic) bond motifs is 3. The van der Waals surface area contributed by atoms with Crippen LogP contribution >= 0.6 is 11.3 Å². The topological polar surface area (TPSA) is 58.6 Å². The minimum absolute atomic E-state index is 0.000318. The lowest BCUT2D eigenvalue weighted by molar-refractivity contribution is 0.143. The van der Waals surface area contributed by atoms with Gasteiger partial charge in [-0.25, -0.2) is 4.79 Å². The van der Waals surface area contributed by atoms with Gasteiger partial charge >= 0.3 is 6.09 Å². The SMILES string of the molecule is O=C(NCCC#Cc1ccsc1CO)OCC1c2ccccc2-c2ccccc21. The van der Waals surface area contributed by atoms with E-state index >= 15 is 0 Å². The van der Waals surface area contributed by atoms with Crippen LogP contribution in [0.5, 0.6) is 0 Å². The number of hydrogen-bond acceptors (Lipinski definition) is 4. The third-order valence-corrected chi connectivity index (χ3v) is 5.88. The first-order valence-electron chi connectivity index (χ1n) is 9.53. The number of carbonyl (C=O) groups excluding carboxylic acids is 1. The molecule has 0 saturated heterocycles. The van der Waals surface area contributed by atoms with Crippen LogP contribution in [0.1, 0.15) is 33.9 Å². The monoisotopic (exact) mass is 403 g/mol. The van der Waals surface area contributed by atoms with Crippen molar-refractivity contribution in [3.63, 3.8) is 0 Å². The molecule has 0 spiro atoms. The first kappa shape index (κ1) is 19.3. The molecule has 1 heterocycles. The highest BCUT2D eigenvalue weighted by Crippen LogP contribution is 2.44. The molecule has 4 nitrogen and oxygen atoms in total. The zero-order chi connectivity index (χ0) is 20.1. The van der Waals surface area contributed by atoms with Crippen LogP contribution in [0.2, 0.25) is 0 Å². The third kappa shape index (κ3) is 4.19. The molecule has 0 bridgehead atoms. The molecule has 3 aromatic rings. The summed E-state index contributed by atoms with van der Waals surface area (Å²) in [6.45, 7) is 0.724. The van der Waals surface area contributed by atoms with Gasteiger partial charge in [0.2, 0.25) is 0 Å². The van der Waals surface area contributed by atoms with Gasteiger partial charge in [0, 0.05) is 29.3 Å². The average molecular weight is 404 g/mol. The first-order valence-corrected chi connectivity index (χ1v) is 10.4. The summed E-state index contributed by atoms with van der Waals surface area (Å²) in [6, 6.07) is 18.4. The minimum atomic E-state index is -0.430. The van der Waals surface area contributed by atoms with E-state index in [2.05, 4.69) is 41.4 Å². The predicted octanol–water partition coefficient (Wildman–Crippen LogP) is 4.52. The van der Waals surface area contributed by atoms with E-state index in [1.807, 2.05) is 35.7 Å². The number of aliphatic hydroxyl groups is 1. The standard InChI is InChI=1S/C24H21NO3S/c26-15-23-17(12-14-29-23)7-5-6-13-25-24(27)28-16-22-20-10-3-1-8-18(20)19-9-2-4-11-21(19)22/h1-4,8-12,14,22,26H,6,13,15-16H2,(H,25,27). The smallest absolute Gasteiger partial charge is 0.407 e. The van der Waals surface area contributed by atoms with Crippen molar-refractivity contribution in [1.82, 2.24) is 5.32 Å². The molecule has 2 aromatic carbocycles. The number of alkyl carbamates (subject to hydrolysis) is 1. The Bertz CT molecular complexity index is 1030. The van der Waals surface area contributed by atoms with Crippen molar-refractivity contribution in [3.05, 3.63) is 81.5 Å². The molecule has 2 N–H and O–H groups in total. The van der Waals surface area contributed by atoms with Crippen LogP contribution in [0.3, 0.4) is 0 Å². The Labute approximate surface area is 174 Å². The van der Waals surface area contributed by atoms with Crippen molar-refractivity contribution >= 4 is 17.4 Å². The van der Waals surface area contributed by atoms with Crippen LogP contribution in [0, 0.1) is 11.8 Å². The van der Waals surface area contributed by atoms with Crippen LogP contribution in [-0.2, 0) is 11.3 Å². The fourth-order valence-corrected chi connectivity index (χ4v) is 4.30. The van der Waals surface area contributed by atoms with Crippen LogP contribution in [0.15, 0.2) is 60.0 Å². The number of amides is 1. The first-order chi connectivity index (χ1) is 14.3. The van der Waals surface area contributed by atoms with E-state index in [9.17, 15) is 9.90 Å². The quantitative estimate of drug-likeness (QED) is 0.486. The van der Waals surface area contributed by atoms with Gasteiger partial charge in [-0.2, -0.15) is 0 Å². The van der Waals surface area contributed by atoms with Gasteiger partial charge in [-0.05, 0) is 33.7 Å². The summed E-state index contributed by atoms with van der Waals surface area (Å²) in [5.74, 6) is 6.10. The molecule has 1 aliphatic carbocycles. The maximum atomic E-state index is 12.1. The van der Waals surface area contributed by atoms with Gasteiger partial charge in [-0.1, -0.05) is 60.4 Å². The summed E-state index contributed by atoms with van der Waals surface area (Å²) >= 11 is 1.48. The normalized spacial score (nSPS) is 11.9.